The number of hydrogen-bond acceptors (Lipinski definition) is 7. The van der Waals surface area contributed by atoms with E-state index in [1.807, 2.05) is 58.0 Å². The minimum atomic E-state index is -0.765. The van der Waals surface area contributed by atoms with Crippen molar-refractivity contribution in [2.45, 2.75) is 129 Å². The third-order valence-electron chi connectivity index (χ3n) is 9.23. The third kappa shape index (κ3) is 8.54. The van der Waals surface area contributed by atoms with Gasteiger partial charge in [0.15, 0.2) is 0 Å². The lowest BCUT2D eigenvalue weighted by molar-refractivity contribution is -0.122. The molecule has 2 aliphatic heterocycles. The number of rotatable bonds is 14. The number of carbonyl (C=O) groups is 2. The molecule has 0 saturated carbocycles. The molecule has 228 valence electrons. The topological polar surface area (TPSA) is 107 Å². The Labute approximate surface area is 246 Å². The van der Waals surface area contributed by atoms with Crippen LogP contribution in [0.3, 0.4) is 0 Å². The molecule has 2 amide bonds. The predicted octanol–water partition coefficient (Wildman–Crippen LogP) is 6.50. The first-order valence-electron chi connectivity index (χ1n) is 15.4. The van der Waals surface area contributed by atoms with Crippen LogP contribution in [0.25, 0.3) is 0 Å². The zero-order valence-electron chi connectivity index (χ0n) is 25.9. The Balaban J connectivity index is 1.67. The Morgan fingerprint density at radius 1 is 1.10 bits per heavy atom. The fourth-order valence-electron chi connectivity index (χ4n) is 6.22. The van der Waals surface area contributed by atoms with Gasteiger partial charge < -0.3 is 24.3 Å². The number of piperidine rings is 1. The van der Waals surface area contributed by atoms with E-state index in [1.54, 1.807) is 4.90 Å². The Morgan fingerprint density at radius 2 is 1.73 bits per heavy atom. The van der Waals surface area contributed by atoms with Gasteiger partial charge >= 0.3 is 13.2 Å². The van der Waals surface area contributed by atoms with E-state index in [0.717, 1.165) is 37.6 Å². The third-order valence-corrected chi connectivity index (χ3v) is 9.23. The standard InChI is InChI=1S/C31H50BN3O6/c1-7-8-16-27(34-38)31(33-24(2)36,19-12-13-20-32-40-29(3,4)30(5,6)41-32)26-17-21-35(22-18-26)28(37)39-23-25-14-10-9-11-15-25/h9-11,14-15,26-27H,7-8,12-13,16-23H2,1-6H3,(H,33,36). The fraction of sp³-hybridized carbons (Fsp3) is 0.742. The van der Waals surface area contributed by atoms with E-state index >= 15 is 0 Å². The van der Waals surface area contributed by atoms with Gasteiger partial charge in [-0.25, -0.2) is 4.79 Å². The average molecular weight is 572 g/mol. The summed E-state index contributed by atoms with van der Waals surface area (Å²) in [6.07, 6.45) is 6.41. The van der Waals surface area contributed by atoms with Gasteiger partial charge in [-0.1, -0.05) is 68.1 Å². The number of hydrogen-bond donors (Lipinski definition) is 1. The van der Waals surface area contributed by atoms with E-state index in [-0.39, 0.29) is 42.8 Å². The molecule has 0 radical (unpaired) electrons. The number of carbonyl (C=O) groups excluding carboxylic acids is 2. The summed E-state index contributed by atoms with van der Waals surface area (Å²) in [5, 5.41) is 6.86. The van der Waals surface area contributed by atoms with Crippen molar-refractivity contribution in [1.29, 1.82) is 0 Å². The maximum absolute atomic E-state index is 12.8. The Morgan fingerprint density at radius 3 is 2.29 bits per heavy atom. The molecule has 10 heteroatoms. The number of benzene rings is 1. The zero-order valence-corrected chi connectivity index (χ0v) is 25.9. The van der Waals surface area contributed by atoms with Crippen molar-refractivity contribution < 1.29 is 23.6 Å². The minimum Gasteiger partial charge on any atom is -0.445 e. The van der Waals surface area contributed by atoms with Crippen molar-refractivity contribution in [1.82, 2.24) is 10.2 Å². The fourth-order valence-corrected chi connectivity index (χ4v) is 6.22. The predicted molar refractivity (Wildman–Crippen MR) is 161 cm³/mol. The number of nitroso groups, excluding NO2 is 1. The molecule has 3 rings (SSSR count). The molecule has 1 N–H and O–H groups in total. The number of nitrogens with zero attached hydrogens (tertiary/aromatic N) is 2. The molecule has 2 atom stereocenters. The van der Waals surface area contributed by atoms with Gasteiger partial charge in [0.25, 0.3) is 0 Å². The molecule has 2 aliphatic rings. The normalized spacial score (nSPS) is 20.7. The molecule has 2 fully saturated rings. The second kappa shape index (κ2) is 14.6. The van der Waals surface area contributed by atoms with Gasteiger partial charge in [0.05, 0.1) is 16.7 Å². The molecule has 2 unspecified atom stereocenters. The van der Waals surface area contributed by atoms with E-state index in [2.05, 4.69) is 17.4 Å². The summed E-state index contributed by atoms with van der Waals surface area (Å²) in [5.41, 5.74) is -0.573. The molecule has 0 aliphatic carbocycles. The zero-order chi connectivity index (χ0) is 30.1. The lowest BCUT2D eigenvalue weighted by atomic mass is 9.68. The Bertz CT molecular complexity index is 983. The largest absolute Gasteiger partial charge is 0.457 e. The second-order valence-electron chi connectivity index (χ2n) is 12.7. The van der Waals surface area contributed by atoms with Gasteiger partial charge in [-0.3, -0.25) is 4.79 Å². The van der Waals surface area contributed by atoms with Crippen LogP contribution < -0.4 is 5.32 Å². The van der Waals surface area contributed by atoms with E-state index in [4.69, 9.17) is 14.0 Å². The van der Waals surface area contributed by atoms with Gasteiger partial charge in [0, 0.05) is 20.0 Å². The highest BCUT2D eigenvalue weighted by molar-refractivity contribution is 6.45. The second-order valence-corrected chi connectivity index (χ2v) is 12.7. The first-order valence-corrected chi connectivity index (χ1v) is 15.4. The van der Waals surface area contributed by atoms with Gasteiger partial charge in [-0.2, -0.15) is 4.91 Å². The summed E-state index contributed by atoms with van der Waals surface area (Å²) in [4.78, 5) is 39.5. The summed E-state index contributed by atoms with van der Waals surface area (Å²) in [7, 11) is -0.277. The Kier molecular flexibility index (Phi) is 11.8. The monoisotopic (exact) mass is 571 g/mol. The summed E-state index contributed by atoms with van der Waals surface area (Å²) in [6.45, 7) is 13.0. The maximum atomic E-state index is 12.8. The van der Waals surface area contributed by atoms with Crippen molar-refractivity contribution in [2.75, 3.05) is 13.1 Å². The van der Waals surface area contributed by atoms with Crippen LogP contribution in [-0.4, -0.2) is 59.9 Å². The molecule has 1 aromatic rings. The van der Waals surface area contributed by atoms with Crippen molar-refractivity contribution in [3.63, 3.8) is 0 Å². The van der Waals surface area contributed by atoms with Gasteiger partial charge in [-0.15, -0.1) is 0 Å². The first-order chi connectivity index (χ1) is 19.4. The lowest BCUT2D eigenvalue weighted by Gasteiger charge is -2.47. The Hall–Kier alpha value is -2.46. The van der Waals surface area contributed by atoms with Crippen LogP contribution >= 0.6 is 0 Å². The van der Waals surface area contributed by atoms with Crippen LogP contribution in [0.5, 0.6) is 0 Å². The summed E-state index contributed by atoms with van der Waals surface area (Å²) >= 11 is 0. The SMILES string of the molecule is CCCCC(N=O)C(CCCCB1OC(C)(C)C(C)(C)O1)(NC(C)=O)C1CCN(C(=O)OCc2ccccc2)CC1. The van der Waals surface area contributed by atoms with Gasteiger partial charge in [0.2, 0.25) is 5.91 Å². The molecule has 41 heavy (non-hydrogen) atoms. The number of ether oxygens (including phenoxy) is 1. The first kappa shape index (κ1) is 33.1. The highest BCUT2D eigenvalue weighted by Crippen LogP contribution is 2.41. The summed E-state index contributed by atoms with van der Waals surface area (Å²) < 4.78 is 17.9. The molecule has 2 saturated heterocycles. The molecule has 1 aromatic carbocycles. The van der Waals surface area contributed by atoms with E-state index in [0.29, 0.717) is 38.8 Å². The number of nitrogens with one attached hydrogen (secondary N) is 1. The van der Waals surface area contributed by atoms with Crippen molar-refractivity contribution in [2.24, 2.45) is 11.1 Å². The van der Waals surface area contributed by atoms with E-state index in [1.165, 1.54) is 6.92 Å². The summed E-state index contributed by atoms with van der Waals surface area (Å²) in [6, 6.07) is 9.08. The highest BCUT2D eigenvalue weighted by Gasteiger charge is 2.51. The van der Waals surface area contributed by atoms with E-state index < -0.39 is 11.6 Å². The van der Waals surface area contributed by atoms with Crippen molar-refractivity contribution in [3.05, 3.63) is 40.8 Å². The summed E-state index contributed by atoms with van der Waals surface area (Å²) in [5.74, 6) is -0.146. The van der Waals surface area contributed by atoms with E-state index in [9.17, 15) is 14.5 Å². The molecular formula is C31H50BN3O6. The molecule has 2 heterocycles. The smallest absolute Gasteiger partial charge is 0.445 e. The molecule has 0 bridgehead atoms. The quantitative estimate of drug-likeness (QED) is 0.155. The maximum Gasteiger partial charge on any atom is 0.457 e. The lowest BCUT2D eigenvalue weighted by Crippen LogP contribution is -2.62. The van der Waals surface area contributed by atoms with Crippen molar-refractivity contribution in [3.8, 4) is 0 Å². The molecule has 0 spiro atoms. The van der Waals surface area contributed by atoms with Gasteiger partial charge in [-0.05, 0) is 71.2 Å². The molecular weight excluding hydrogens is 521 g/mol. The van der Waals surface area contributed by atoms with Crippen LogP contribution in [0.4, 0.5) is 4.79 Å². The highest BCUT2D eigenvalue weighted by atomic mass is 16.7. The van der Waals surface area contributed by atoms with Crippen molar-refractivity contribution >= 4 is 19.1 Å². The number of amides is 2. The molecule has 9 nitrogen and oxygen atoms in total. The van der Waals surface area contributed by atoms with Crippen LogP contribution in [0.15, 0.2) is 35.5 Å². The molecule has 0 aromatic heterocycles. The average Bonchev–Trinajstić information content (AvgIpc) is 3.15. The number of unbranched alkanes of at least 4 members (excludes halogenated alkanes) is 2. The number of likely N-dealkylation sites (tertiary alicyclic amines) is 1. The van der Waals surface area contributed by atoms with Crippen LogP contribution in [-0.2, 0) is 25.4 Å². The van der Waals surface area contributed by atoms with Crippen LogP contribution in [0.2, 0.25) is 6.32 Å². The van der Waals surface area contributed by atoms with Crippen LogP contribution in [0.1, 0.15) is 98.5 Å². The van der Waals surface area contributed by atoms with Gasteiger partial charge in [0.1, 0.15) is 12.6 Å². The van der Waals surface area contributed by atoms with Crippen LogP contribution in [0, 0.1) is 10.8 Å². The minimum absolute atomic E-state index is 0.0148.